The van der Waals surface area contributed by atoms with Gasteiger partial charge in [0.1, 0.15) is 10.6 Å². The summed E-state index contributed by atoms with van der Waals surface area (Å²) in [5.74, 6) is -0.406. The third-order valence-corrected chi connectivity index (χ3v) is 9.52. The maximum absolute atomic E-state index is 13.9. The smallest absolute Gasteiger partial charge is 0.269 e. The summed E-state index contributed by atoms with van der Waals surface area (Å²) in [7, 11) is -3.98. The Morgan fingerprint density at radius 3 is 2.34 bits per heavy atom. The average Bonchev–Trinajstić information content (AvgIpc) is 3.26. The Morgan fingerprint density at radius 1 is 1.03 bits per heavy atom. The van der Waals surface area contributed by atoms with E-state index in [0.29, 0.717) is 10.9 Å². The molecule has 38 heavy (non-hydrogen) atoms. The molecule has 5 rings (SSSR count). The van der Waals surface area contributed by atoms with Crippen LogP contribution in [-0.4, -0.2) is 43.3 Å². The van der Waals surface area contributed by atoms with Crippen molar-refractivity contribution in [1.29, 1.82) is 0 Å². The summed E-state index contributed by atoms with van der Waals surface area (Å²) in [4.78, 5) is 19.2. The predicted octanol–water partition coefficient (Wildman–Crippen LogP) is 6.43. The highest BCUT2D eigenvalue weighted by Gasteiger charge is 2.31. The summed E-state index contributed by atoms with van der Waals surface area (Å²) in [6.07, 6.45) is 1.56. The van der Waals surface area contributed by atoms with Crippen LogP contribution in [0, 0.1) is 13.8 Å². The van der Waals surface area contributed by atoms with Crippen molar-refractivity contribution < 1.29 is 13.2 Å². The average molecular weight is 615 g/mol. The highest BCUT2D eigenvalue weighted by atomic mass is 79.9. The molecule has 6 nitrogen and oxygen atoms in total. The van der Waals surface area contributed by atoms with Gasteiger partial charge in [-0.2, -0.15) is 0 Å². The highest BCUT2D eigenvalue weighted by Crippen LogP contribution is 2.34. The number of aromatic nitrogens is 1. The van der Waals surface area contributed by atoms with Crippen molar-refractivity contribution >= 4 is 54.2 Å². The molecule has 0 radical (unpaired) electrons. The van der Waals surface area contributed by atoms with Crippen molar-refractivity contribution in [2.45, 2.75) is 49.1 Å². The molecule has 3 aromatic carbocycles. The monoisotopic (exact) mass is 613 g/mol. The van der Waals surface area contributed by atoms with Gasteiger partial charge in [-0.05, 0) is 85.8 Å². The Bertz CT molecular complexity index is 1590. The number of nitrogens with zero attached hydrogens (tertiary/aromatic N) is 1. The molecule has 1 amide bonds. The van der Waals surface area contributed by atoms with E-state index in [1.807, 2.05) is 50.2 Å². The fourth-order valence-electron chi connectivity index (χ4n) is 5.13. The first kappa shape index (κ1) is 26.9. The summed E-state index contributed by atoms with van der Waals surface area (Å²) in [5, 5.41) is 4.31. The number of amides is 1. The third-order valence-electron chi connectivity index (χ3n) is 6.96. The molecule has 1 saturated heterocycles. The van der Waals surface area contributed by atoms with Crippen LogP contribution in [0.1, 0.15) is 40.0 Å². The molecule has 0 spiro atoms. The molecular formula is C29H29BrClN3O3S. The second-order valence-corrected chi connectivity index (χ2v) is 13.2. The number of rotatable bonds is 6. The lowest BCUT2D eigenvalue weighted by Crippen LogP contribution is -2.44. The maximum Gasteiger partial charge on any atom is 0.269 e. The van der Waals surface area contributed by atoms with Crippen LogP contribution in [-0.2, 0) is 16.4 Å². The van der Waals surface area contributed by atoms with Gasteiger partial charge in [-0.3, -0.25) is 9.69 Å². The Morgan fingerprint density at radius 2 is 1.68 bits per heavy atom. The molecule has 0 saturated carbocycles. The van der Waals surface area contributed by atoms with E-state index < -0.39 is 15.7 Å². The molecule has 0 aliphatic carbocycles. The summed E-state index contributed by atoms with van der Waals surface area (Å²) >= 11 is 9.45. The minimum atomic E-state index is -3.98. The van der Waals surface area contributed by atoms with Crippen molar-refractivity contribution in [2.75, 3.05) is 13.1 Å². The lowest BCUT2D eigenvalue weighted by Gasteiger charge is -2.32. The molecule has 1 aromatic heterocycles. The van der Waals surface area contributed by atoms with Gasteiger partial charge in [-0.1, -0.05) is 45.7 Å². The molecule has 2 heterocycles. The van der Waals surface area contributed by atoms with Gasteiger partial charge in [-0.15, -0.1) is 0 Å². The van der Waals surface area contributed by atoms with E-state index in [1.165, 1.54) is 5.56 Å². The number of H-pyrrole nitrogens is 1. The number of hydrogen-bond donors (Lipinski definition) is 2. The number of halogens is 2. The van der Waals surface area contributed by atoms with Crippen molar-refractivity contribution in [1.82, 2.24) is 15.2 Å². The van der Waals surface area contributed by atoms with E-state index in [-0.39, 0.29) is 21.5 Å². The lowest BCUT2D eigenvalue weighted by molar-refractivity contribution is 0.0901. The van der Waals surface area contributed by atoms with Crippen molar-refractivity contribution in [3.63, 3.8) is 0 Å². The van der Waals surface area contributed by atoms with Crippen LogP contribution in [0.4, 0.5) is 0 Å². The number of benzene rings is 3. The van der Waals surface area contributed by atoms with Crippen molar-refractivity contribution in [3.8, 4) is 0 Å². The van der Waals surface area contributed by atoms with E-state index in [0.717, 1.165) is 53.1 Å². The highest BCUT2D eigenvalue weighted by molar-refractivity contribution is 9.10. The minimum Gasteiger partial charge on any atom is -0.349 e. The fourth-order valence-corrected chi connectivity index (χ4v) is 7.40. The van der Waals surface area contributed by atoms with Gasteiger partial charge in [0.25, 0.3) is 5.91 Å². The summed E-state index contributed by atoms with van der Waals surface area (Å²) in [6, 6.07) is 18.4. The van der Waals surface area contributed by atoms with Crippen LogP contribution in [0.2, 0.25) is 5.02 Å². The second-order valence-electron chi connectivity index (χ2n) is 10.00. The van der Waals surface area contributed by atoms with Crippen LogP contribution in [0.15, 0.2) is 74.9 Å². The Labute approximate surface area is 236 Å². The lowest BCUT2D eigenvalue weighted by atomic mass is 10.0. The summed E-state index contributed by atoms with van der Waals surface area (Å²) < 4.78 is 28.6. The Balaban J connectivity index is 1.39. The van der Waals surface area contributed by atoms with Gasteiger partial charge >= 0.3 is 0 Å². The zero-order valence-electron chi connectivity index (χ0n) is 21.2. The van der Waals surface area contributed by atoms with Gasteiger partial charge < -0.3 is 10.3 Å². The molecule has 1 fully saturated rings. The van der Waals surface area contributed by atoms with Gasteiger partial charge in [0.15, 0.2) is 0 Å². The maximum atomic E-state index is 13.9. The normalized spacial score (nSPS) is 15.2. The first-order valence-corrected chi connectivity index (χ1v) is 15.2. The number of likely N-dealkylation sites (tertiary alicyclic amines) is 1. The number of carbonyl (C=O) groups is 1. The molecule has 0 atom stereocenters. The fraction of sp³-hybridized carbons (Fsp3) is 0.276. The SMILES string of the molecule is Cc1cc(C)cc(S(=O)(=O)c2c(C(=O)NC3CCN(Cc4ccc(Cl)cc4)CC3)[nH]c3ccc(Br)cc23)c1. The molecule has 1 aliphatic heterocycles. The van der Waals surface area contributed by atoms with E-state index in [4.69, 9.17) is 11.6 Å². The minimum absolute atomic E-state index is 0.0106. The molecule has 0 unspecified atom stereocenters. The zero-order valence-corrected chi connectivity index (χ0v) is 24.4. The van der Waals surface area contributed by atoms with E-state index >= 15 is 0 Å². The summed E-state index contributed by atoms with van der Waals surface area (Å²) in [5.41, 5.74) is 3.56. The first-order valence-electron chi connectivity index (χ1n) is 12.5. The van der Waals surface area contributed by atoms with Crippen molar-refractivity contribution in [3.05, 3.63) is 92.5 Å². The van der Waals surface area contributed by atoms with E-state index in [2.05, 4.69) is 31.1 Å². The van der Waals surface area contributed by atoms with Crippen LogP contribution >= 0.6 is 27.5 Å². The quantitative estimate of drug-likeness (QED) is 0.262. The molecule has 9 heteroatoms. The van der Waals surface area contributed by atoms with E-state index in [1.54, 1.807) is 24.3 Å². The third kappa shape index (κ3) is 5.69. The second kappa shape index (κ2) is 10.8. The molecule has 4 aromatic rings. The van der Waals surface area contributed by atoms with Crippen LogP contribution < -0.4 is 5.32 Å². The van der Waals surface area contributed by atoms with Gasteiger partial charge in [0.05, 0.1) is 4.90 Å². The molecular weight excluding hydrogens is 586 g/mol. The van der Waals surface area contributed by atoms with Crippen LogP contribution in [0.5, 0.6) is 0 Å². The van der Waals surface area contributed by atoms with Crippen molar-refractivity contribution in [2.24, 2.45) is 0 Å². The molecule has 198 valence electrons. The van der Waals surface area contributed by atoms with Crippen LogP contribution in [0.3, 0.4) is 0 Å². The summed E-state index contributed by atoms with van der Waals surface area (Å²) in [6.45, 7) is 6.23. The number of nitrogens with one attached hydrogen (secondary N) is 2. The number of hydrogen-bond acceptors (Lipinski definition) is 4. The molecule has 2 N–H and O–H groups in total. The van der Waals surface area contributed by atoms with Gasteiger partial charge in [0.2, 0.25) is 9.84 Å². The predicted molar refractivity (Wildman–Crippen MR) is 155 cm³/mol. The number of fused-ring (bicyclic) bond motifs is 1. The van der Waals surface area contributed by atoms with Gasteiger partial charge in [-0.25, -0.2) is 8.42 Å². The molecule has 1 aliphatic rings. The Kier molecular flexibility index (Phi) is 7.69. The Hall–Kier alpha value is -2.65. The number of aromatic amines is 1. The largest absolute Gasteiger partial charge is 0.349 e. The van der Waals surface area contributed by atoms with E-state index in [9.17, 15) is 13.2 Å². The van der Waals surface area contributed by atoms with Gasteiger partial charge in [0, 0.05) is 46.1 Å². The number of aryl methyl sites for hydroxylation is 2. The molecule has 0 bridgehead atoms. The number of carbonyl (C=O) groups excluding carboxylic acids is 1. The van der Waals surface area contributed by atoms with Crippen LogP contribution in [0.25, 0.3) is 10.9 Å². The topological polar surface area (TPSA) is 82.3 Å². The standard InChI is InChI=1S/C29H29BrClN3O3S/c1-18-13-19(2)15-24(14-18)38(36,37)28-25-16-21(30)5-8-26(25)33-27(28)29(35)32-23-9-11-34(12-10-23)17-20-3-6-22(31)7-4-20/h3-8,13-16,23,33H,9-12,17H2,1-2H3,(H,32,35). The zero-order chi connectivity index (χ0) is 27.0. The first-order chi connectivity index (χ1) is 18.1. The number of sulfone groups is 1. The number of piperidine rings is 1.